The third-order valence-electron chi connectivity index (χ3n) is 2.89. The van der Waals surface area contributed by atoms with Gasteiger partial charge in [-0.1, -0.05) is 50.3 Å². The normalized spacial score (nSPS) is 10.9. The Morgan fingerprint density at radius 1 is 1.22 bits per heavy atom. The third kappa shape index (κ3) is 2.70. The van der Waals surface area contributed by atoms with Gasteiger partial charge in [0, 0.05) is 11.3 Å². The van der Waals surface area contributed by atoms with E-state index in [2.05, 4.69) is 64.0 Å². The molecule has 0 bridgehead atoms. The van der Waals surface area contributed by atoms with Crippen LogP contribution in [0.1, 0.15) is 31.0 Å². The second-order valence-corrected chi connectivity index (χ2v) is 5.79. The van der Waals surface area contributed by atoms with Crippen LogP contribution in [-0.2, 0) is 0 Å². The van der Waals surface area contributed by atoms with Crippen LogP contribution in [0, 0.1) is 11.6 Å². The molecule has 0 aliphatic heterocycles. The van der Waals surface area contributed by atoms with Crippen LogP contribution in [0.15, 0.2) is 28.7 Å². The van der Waals surface area contributed by atoms with Gasteiger partial charge in [0.25, 0.3) is 0 Å². The summed E-state index contributed by atoms with van der Waals surface area (Å²) in [7, 11) is 0. The van der Waals surface area contributed by atoms with Crippen molar-refractivity contribution in [3.63, 3.8) is 0 Å². The number of rotatable bonds is 2. The van der Waals surface area contributed by atoms with Crippen LogP contribution in [0.25, 0.3) is 11.4 Å². The molecule has 0 atom stereocenters. The van der Waals surface area contributed by atoms with Crippen LogP contribution in [0.2, 0.25) is 0 Å². The lowest BCUT2D eigenvalue weighted by Gasteiger charge is -2.08. The maximum atomic E-state index is 5.22. The van der Waals surface area contributed by atoms with Gasteiger partial charge in [-0.15, -0.1) is 0 Å². The molecule has 1 N–H and O–H groups in total. The highest BCUT2D eigenvalue weighted by molar-refractivity contribution is 9.10. The summed E-state index contributed by atoms with van der Waals surface area (Å²) in [6.45, 7) is 6.35. The number of hydrogen-bond donors (Lipinski definition) is 1. The molecule has 1 aromatic carbocycles. The first-order chi connectivity index (χ1) is 8.49. The molecule has 4 heteroatoms. The van der Waals surface area contributed by atoms with E-state index in [0.717, 1.165) is 21.6 Å². The maximum absolute atomic E-state index is 5.22. The summed E-state index contributed by atoms with van der Waals surface area (Å²) in [6.07, 6.45) is 0. The molecule has 0 unspecified atom stereocenters. The molecule has 1 aromatic heterocycles. The van der Waals surface area contributed by atoms with Crippen molar-refractivity contribution in [2.24, 2.45) is 0 Å². The quantitative estimate of drug-likeness (QED) is 0.788. The first kappa shape index (κ1) is 13.4. The fourth-order valence-electron chi connectivity index (χ4n) is 1.73. The number of aromatic nitrogens is 2. The lowest BCUT2D eigenvalue weighted by atomic mass is 10.0. The number of nitrogens with one attached hydrogen (secondary N) is 1. The molecule has 2 aromatic rings. The maximum Gasteiger partial charge on any atom is 0.144 e. The predicted octanol–water partition coefficient (Wildman–Crippen LogP) is 5.00. The van der Waals surface area contributed by atoms with E-state index in [1.54, 1.807) is 0 Å². The van der Waals surface area contributed by atoms with Gasteiger partial charge in [0.05, 0.1) is 4.47 Å². The molecule has 1 heterocycles. The van der Waals surface area contributed by atoms with Crippen LogP contribution in [0.5, 0.6) is 0 Å². The van der Waals surface area contributed by atoms with Gasteiger partial charge in [-0.3, -0.25) is 0 Å². The number of halogens is 1. The molecule has 18 heavy (non-hydrogen) atoms. The van der Waals surface area contributed by atoms with E-state index in [1.807, 2.05) is 6.92 Å². The highest BCUT2D eigenvalue weighted by atomic mass is 79.9. The Morgan fingerprint density at radius 3 is 2.33 bits per heavy atom. The number of nitrogens with zero attached hydrogens (tertiary/aromatic N) is 1. The van der Waals surface area contributed by atoms with E-state index in [0.29, 0.717) is 10.6 Å². The number of benzene rings is 1. The van der Waals surface area contributed by atoms with E-state index in [-0.39, 0.29) is 0 Å². The minimum absolute atomic E-state index is 0.539. The van der Waals surface area contributed by atoms with E-state index in [9.17, 15) is 0 Å². The standard InChI is InChI=1S/C14H15BrN2S/c1-8(2)10-4-6-11(7-5-10)13-16-9(3)12(15)14(18)17-13/h4-8H,1-3H3,(H,16,17,18). The van der Waals surface area contributed by atoms with Gasteiger partial charge in [0.15, 0.2) is 0 Å². The molecule has 94 valence electrons. The average Bonchev–Trinajstić information content (AvgIpc) is 2.35. The molecule has 0 spiro atoms. The monoisotopic (exact) mass is 322 g/mol. The van der Waals surface area contributed by atoms with Gasteiger partial charge in [-0.25, -0.2) is 4.98 Å². The Labute approximate surface area is 121 Å². The summed E-state index contributed by atoms with van der Waals surface area (Å²) < 4.78 is 1.45. The summed E-state index contributed by atoms with van der Waals surface area (Å²) in [4.78, 5) is 7.65. The molecule has 0 aliphatic carbocycles. The van der Waals surface area contributed by atoms with Crippen LogP contribution in [0.4, 0.5) is 0 Å². The van der Waals surface area contributed by atoms with Crippen molar-refractivity contribution in [3.05, 3.63) is 44.6 Å². The molecule has 0 aliphatic rings. The van der Waals surface area contributed by atoms with Crippen molar-refractivity contribution in [1.82, 2.24) is 9.97 Å². The van der Waals surface area contributed by atoms with Crippen molar-refractivity contribution in [2.45, 2.75) is 26.7 Å². The molecule has 2 rings (SSSR count). The number of hydrogen-bond acceptors (Lipinski definition) is 2. The molecular weight excluding hydrogens is 308 g/mol. The van der Waals surface area contributed by atoms with Crippen molar-refractivity contribution in [2.75, 3.05) is 0 Å². The van der Waals surface area contributed by atoms with Gasteiger partial charge in [0.1, 0.15) is 10.5 Å². The summed E-state index contributed by atoms with van der Waals surface area (Å²) in [5.41, 5.74) is 3.38. The topological polar surface area (TPSA) is 28.7 Å². The van der Waals surface area contributed by atoms with Crippen LogP contribution in [0.3, 0.4) is 0 Å². The number of aryl methyl sites for hydroxylation is 1. The molecule has 0 saturated carbocycles. The summed E-state index contributed by atoms with van der Waals surface area (Å²) in [5.74, 6) is 1.35. The van der Waals surface area contributed by atoms with Crippen molar-refractivity contribution >= 4 is 28.1 Å². The Hall–Kier alpha value is -1.00. The fourth-order valence-corrected chi connectivity index (χ4v) is 2.17. The highest BCUT2D eigenvalue weighted by Crippen LogP contribution is 2.22. The van der Waals surface area contributed by atoms with Crippen molar-refractivity contribution < 1.29 is 0 Å². The summed E-state index contributed by atoms with van der Waals surface area (Å²) in [6, 6.07) is 8.43. The van der Waals surface area contributed by atoms with E-state index < -0.39 is 0 Å². The Kier molecular flexibility index (Phi) is 3.97. The predicted molar refractivity (Wildman–Crippen MR) is 81.4 cm³/mol. The first-order valence-corrected chi connectivity index (χ1v) is 7.06. The minimum Gasteiger partial charge on any atom is -0.342 e. The average molecular weight is 323 g/mol. The Balaban J connectivity index is 2.46. The summed E-state index contributed by atoms with van der Waals surface area (Å²) in [5, 5.41) is 0. The van der Waals surface area contributed by atoms with Crippen molar-refractivity contribution in [3.8, 4) is 11.4 Å². The minimum atomic E-state index is 0.539. The lowest BCUT2D eigenvalue weighted by Crippen LogP contribution is -1.95. The highest BCUT2D eigenvalue weighted by Gasteiger charge is 2.05. The summed E-state index contributed by atoms with van der Waals surface area (Å²) >= 11 is 8.64. The molecular formula is C14H15BrN2S. The van der Waals surface area contributed by atoms with Crippen LogP contribution >= 0.6 is 28.1 Å². The van der Waals surface area contributed by atoms with Gasteiger partial charge < -0.3 is 4.98 Å². The van der Waals surface area contributed by atoms with Crippen LogP contribution in [-0.4, -0.2) is 9.97 Å². The van der Waals surface area contributed by atoms with Crippen molar-refractivity contribution in [1.29, 1.82) is 0 Å². The lowest BCUT2D eigenvalue weighted by molar-refractivity contribution is 0.867. The second kappa shape index (κ2) is 5.33. The largest absolute Gasteiger partial charge is 0.342 e. The second-order valence-electron chi connectivity index (χ2n) is 4.61. The van der Waals surface area contributed by atoms with Gasteiger partial charge >= 0.3 is 0 Å². The Bertz CT molecular complexity index is 615. The molecule has 0 fully saturated rings. The number of aromatic amines is 1. The van der Waals surface area contributed by atoms with E-state index in [4.69, 9.17) is 12.2 Å². The smallest absolute Gasteiger partial charge is 0.144 e. The zero-order valence-electron chi connectivity index (χ0n) is 10.6. The van der Waals surface area contributed by atoms with Gasteiger partial charge in [0.2, 0.25) is 0 Å². The van der Waals surface area contributed by atoms with Crippen LogP contribution < -0.4 is 0 Å². The zero-order valence-corrected chi connectivity index (χ0v) is 13.0. The number of H-pyrrole nitrogens is 1. The van der Waals surface area contributed by atoms with Gasteiger partial charge in [-0.2, -0.15) is 0 Å². The van der Waals surface area contributed by atoms with E-state index in [1.165, 1.54) is 5.56 Å². The van der Waals surface area contributed by atoms with E-state index >= 15 is 0 Å². The third-order valence-corrected chi connectivity index (χ3v) is 4.42. The first-order valence-electron chi connectivity index (χ1n) is 5.86. The SMILES string of the molecule is Cc1[nH]c(-c2ccc(C(C)C)cc2)nc(=S)c1Br. The zero-order chi connectivity index (χ0) is 13.3. The van der Waals surface area contributed by atoms with Gasteiger partial charge in [-0.05, 0) is 34.3 Å². The Morgan fingerprint density at radius 2 is 1.83 bits per heavy atom. The molecule has 0 radical (unpaired) electrons. The molecule has 0 amide bonds. The fraction of sp³-hybridized carbons (Fsp3) is 0.286. The molecule has 2 nitrogen and oxygen atoms in total. The molecule has 0 saturated heterocycles.